The molecule has 160 valence electrons. The lowest BCUT2D eigenvalue weighted by molar-refractivity contribution is -0.131. The minimum Gasteiger partial charge on any atom is -0.333 e. The molecule has 1 heterocycles. The second-order valence-corrected chi connectivity index (χ2v) is 6.48. The van der Waals surface area contributed by atoms with Gasteiger partial charge in [0.25, 0.3) is 0 Å². The normalized spacial score (nSPS) is 17.0. The van der Waals surface area contributed by atoms with Gasteiger partial charge < -0.3 is 15.5 Å². The van der Waals surface area contributed by atoms with E-state index in [1.54, 1.807) is 0 Å². The molecule has 1 aromatic rings. The minimum atomic E-state index is -4.73. The van der Waals surface area contributed by atoms with Gasteiger partial charge in [0, 0.05) is 38.7 Å². The van der Waals surface area contributed by atoms with Crippen molar-refractivity contribution in [1.82, 2.24) is 9.80 Å². The summed E-state index contributed by atoms with van der Waals surface area (Å²) < 4.78 is 78.8. The van der Waals surface area contributed by atoms with Crippen LogP contribution in [-0.2, 0) is 11.2 Å². The zero-order valence-electron chi connectivity index (χ0n) is 15.4. The molecule has 1 atom stereocenters. The van der Waals surface area contributed by atoms with E-state index in [0.717, 1.165) is 11.9 Å². The summed E-state index contributed by atoms with van der Waals surface area (Å²) in [5, 5.41) is 7.81. The summed E-state index contributed by atoms with van der Waals surface area (Å²) in [6.07, 6.45) is -5.28. The van der Waals surface area contributed by atoms with Gasteiger partial charge >= 0.3 is 6.18 Å². The van der Waals surface area contributed by atoms with Gasteiger partial charge in [-0.3, -0.25) is 15.2 Å². The van der Waals surface area contributed by atoms with Crippen molar-refractivity contribution in [3.05, 3.63) is 35.1 Å². The Balaban J connectivity index is 1.97. The number of aliphatic imine (C=N–C) groups is 1. The molecule has 6 nitrogen and oxygen atoms in total. The number of benzene rings is 1. The van der Waals surface area contributed by atoms with Crippen LogP contribution in [0.25, 0.3) is 0 Å². The maximum atomic E-state index is 13.7. The Bertz CT molecular complexity index is 825. The van der Waals surface area contributed by atoms with Gasteiger partial charge in [0.05, 0.1) is 6.54 Å². The number of piperazine rings is 1. The highest BCUT2D eigenvalue weighted by molar-refractivity contribution is 6.04. The van der Waals surface area contributed by atoms with Gasteiger partial charge in [-0.2, -0.15) is 13.2 Å². The number of nitrogens with zero attached hydrogens (tertiary/aromatic N) is 3. The molecule has 1 amide bonds. The molecule has 1 fully saturated rings. The predicted molar refractivity (Wildman–Crippen MR) is 93.0 cm³/mol. The van der Waals surface area contributed by atoms with Gasteiger partial charge in [-0.1, -0.05) is 0 Å². The molecule has 12 heteroatoms. The highest BCUT2D eigenvalue weighted by Crippen LogP contribution is 2.22. The number of carbonyl (C=O) groups excluding carboxylic acids is 1. The summed E-state index contributed by atoms with van der Waals surface area (Å²) in [4.78, 5) is 17.4. The van der Waals surface area contributed by atoms with Gasteiger partial charge in [-0.05, 0) is 18.1 Å². The molecule has 0 spiro atoms. The van der Waals surface area contributed by atoms with Crippen molar-refractivity contribution in [3.8, 4) is 0 Å². The third kappa shape index (κ3) is 5.46. The number of rotatable bonds is 4. The van der Waals surface area contributed by atoms with Crippen LogP contribution >= 0.6 is 0 Å². The summed E-state index contributed by atoms with van der Waals surface area (Å²) in [5.74, 6) is -5.82. The first kappa shape index (κ1) is 22.7. The average Bonchev–Trinajstić information content (AvgIpc) is 2.60. The highest BCUT2D eigenvalue weighted by atomic mass is 19.4. The smallest absolute Gasteiger partial charge is 0.333 e. The third-order valence-corrected chi connectivity index (χ3v) is 4.34. The molecular formula is C17H19F6N5O. The number of hydrogen-bond donors (Lipinski definition) is 2. The molecule has 0 aromatic heterocycles. The molecule has 1 aliphatic heterocycles. The van der Waals surface area contributed by atoms with E-state index in [-0.39, 0.29) is 38.0 Å². The van der Waals surface area contributed by atoms with Crippen molar-refractivity contribution < 1.29 is 31.1 Å². The maximum absolute atomic E-state index is 13.7. The first-order valence-corrected chi connectivity index (χ1v) is 8.49. The summed E-state index contributed by atoms with van der Waals surface area (Å²) in [7, 11) is 0.962. The number of alkyl halides is 3. The highest BCUT2D eigenvalue weighted by Gasteiger charge is 2.42. The molecule has 0 saturated carbocycles. The van der Waals surface area contributed by atoms with E-state index in [1.165, 1.54) is 0 Å². The minimum absolute atomic E-state index is 0.0947. The first-order chi connectivity index (χ1) is 13.4. The van der Waals surface area contributed by atoms with Crippen LogP contribution in [0.2, 0.25) is 0 Å². The lowest BCUT2D eigenvalue weighted by Crippen LogP contribution is -2.57. The van der Waals surface area contributed by atoms with Crippen molar-refractivity contribution in [2.45, 2.75) is 25.1 Å². The Morgan fingerprint density at radius 3 is 2.38 bits per heavy atom. The molecular weight excluding hydrogens is 404 g/mol. The van der Waals surface area contributed by atoms with Crippen LogP contribution in [0.15, 0.2) is 17.1 Å². The van der Waals surface area contributed by atoms with Gasteiger partial charge in [-0.15, -0.1) is 0 Å². The first-order valence-electron chi connectivity index (χ1n) is 8.49. The van der Waals surface area contributed by atoms with E-state index < -0.39 is 47.2 Å². The average molecular weight is 423 g/mol. The number of amidine groups is 2. The number of nitrogens with two attached hydrogens (primary N) is 1. The Kier molecular flexibility index (Phi) is 6.88. The number of hydrogen-bond acceptors (Lipinski definition) is 4. The summed E-state index contributed by atoms with van der Waals surface area (Å²) in [5.41, 5.74) is 5.60. The zero-order valence-corrected chi connectivity index (χ0v) is 15.4. The van der Waals surface area contributed by atoms with E-state index >= 15 is 0 Å². The molecule has 29 heavy (non-hydrogen) atoms. The monoisotopic (exact) mass is 423 g/mol. The Labute approximate surface area is 162 Å². The van der Waals surface area contributed by atoms with Crippen molar-refractivity contribution in [2.24, 2.45) is 10.7 Å². The molecule has 1 aliphatic rings. The van der Waals surface area contributed by atoms with Gasteiger partial charge in [0.2, 0.25) is 11.7 Å². The SMILES string of the molecule is C/N=C(\N1CCN(C(=O)C[C@H](N)Cc2cc(F)c(F)cc2F)CC1=N)C(F)(F)F. The lowest BCUT2D eigenvalue weighted by Gasteiger charge is -2.37. The molecule has 1 aromatic carbocycles. The summed E-state index contributed by atoms with van der Waals surface area (Å²) >= 11 is 0. The fourth-order valence-electron chi connectivity index (χ4n) is 2.98. The summed E-state index contributed by atoms with van der Waals surface area (Å²) in [6.45, 7) is -0.743. The molecule has 3 N–H and O–H groups in total. The molecule has 0 aliphatic carbocycles. The standard InChI is InChI=1S/C17H19F6N5O/c1-26-16(17(21,22)23)28-3-2-27(8-14(28)25)15(29)6-10(24)4-9-5-12(19)13(20)7-11(9)18/h5,7,10,25H,2-4,6,8,24H2,1H3/b25-14?,26-16-/t10-/m1/s1. The Morgan fingerprint density at radius 2 is 1.83 bits per heavy atom. The topological polar surface area (TPSA) is 85.8 Å². The van der Waals surface area contributed by atoms with Crippen LogP contribution in [-0.4, -0.2) is 66.3 Å². The van der Waals surface area contributed by atoms with Crippen molar-refractivity contribution in [3.63, 3.8) is 0 Å². The Morgan fingerprint density at radius 1 is 1.21 bits per heavy atom. The van der Waals surface area contributed by atoms with Crippen LogP contribution in [0.4, 0.5) is 26.3 Å². The maximum Gasteiger partial charge on any atom is 0.449 e. The number of halogens is 6. The quantitative estimate of drug-likeness (QED) is 0.337. The van der Waals surface area contributed by atoms with E-state index in [0.29, 0.717) is 17.0 Å². The molecule has 2 rings (SSSR count). The zero-order chi connectivity index (χ0) is 21.9. The van der Waals surface area contributed by atoms with Crippen LogP contribution in [0.1, 0.15) is 12.0 Å². The van der Waals surface area contributed by atoms with Crippen LogP contribution in [0.5, 0.6) is 0 Å². The van der Waals surface area contributed by atoms with Crippen LogP contribution in [0.3, 0.4) is 0 Å². The fourth-order valence-corrected chi connectivity index (χ4v) is 2.98. The van der Waals surface area contributed by atoms with Crippen LogP contribution < -0.4 is 5.73 Å². The van der Waals surface area contributed by atoms with Crippen molar-refractivity contribution in [2.75, 3.05) is 26.7 Å². The van der Waals surface area contributed by atoms with Crippen molar-refractivity contribution >= 4 is 17.6 Å². The van der Waals surface area contributed by atoms with E-state index in [2.05, 4.69) is 4.99 Å². The lowest BCUT2D eigenvalue weighted by atomic mass is 10.0. The Hall–Kier alpha value is -2.63. The van der Waals surface area contributed by atoms with Crippen molar-refractivity contribution in [1.29, 1.82) is 5.41 Å². The second kappa shape index (κ2) is 8.80. The fraction of sp³-hybridized carbons (Fsp3) is 0.471. The number of nitrogens with one attached hydrogen (secondary N) is 1. The van der Waals surface area contributed by atoms with E-state index in [1.807, 2.05) is 0 Å². The molecule has 1 saturated heterocycles. The third-order valence-electron chi connectivity index (χ3n) is 4.34. The van der Waals surface area contributed by atoms with Gasteiger partial charge in [0.15, 0.2) is 11.6 Å². The molecule has 0 bridgehead atoms. The largest absolute Gasteiger partial charge is 0.449 e. The number of amides is 1. The van der Waals surface area contributed by atoms with Crippen LogP contribution in [0, 0.1) is 22.9 Å². The van der Waals surface area contributed by atoms with E-state index in [9.17, 15) is 31.1 Å². The number of carbonyl (C=O) groups is 1. The predicted octanol–water partition coefficient (Wildman–Crippen LogP) is 2.08. The van der Waals surface area contributed by atoms with Gasteiger partial charge in [-0.25, -0.2) is 13.2 Å². The van der Waals surface area contributed by atoms with E-state index in [4.69, 9.17) is 11.1 Å². The van der Waals surface area contributed by atoms with Gasteiger partial charge in [0.1, 0.15) is 11.7 Å². The molecule has 0 unspecified atom stereocenters. The second-order valence-electron chi connectivity index (χ2n) is 6.48. The molecule has 0 radical (unpaired) electrons. The summed E-state index contributed by atoms with van der Waals surface area (Å²) in [6, 6.07) is 0.108.